The van der Waals surface area contributed by atoms with Crippen molar-refractivity contribution < 1.29 is 24.2 Å². The van der Waals surface area contributed by atoms with Crippen molar-refractivity contribution in [1.29, 1.82) is 0 Å². The lowest BCUT2D eigenvalue weighted by atomic mass is 9.89. The van der Waals surface area contributed by atoms with Gasteiger partial charge in [-0.25, -0.2) is 10.6 Å². The summed E-state index contributed by atoms with van der Waals surface area (Å²) in [7, 11) is 0. The standard InChI is InChI=1S/C27H42N6O5/c1-18-10-11-24(34)19(2)26(35)38-17-21(25(32-27(36)37)20(3)30-14-12-18)8-5-7-15-33(29)16-22(28)23-9-4-6-13-31-23/h4,6,9,12-13,16,19-21,25,30,32H,5,7-8,10-11,14-15,17,28-29H2,1-3H3,(H,36,37)/b18-12+,22-16-. The Kier molecular flexibility index (Phi) is 12.7. The first-order valence-electron chi connectivity index (χ1n) is 13.1. The molecule has 0 fully saturated rings. The third-order valence-electron chi connectivity index (χ3n) is 6.78. The molecule has 0 aromatic carbocycles. The number of Topliss-reactive ketones (excluding diaryl/α,β-unsaturated/α-hetero) is 1. The van der Waals surface area contributed by atoms with E-state index in [1.54, 1.807) is 31.5 Å². The van der Waals surface area contributed by atoms with Crippen molar-refractivity contribution in [2.45, 2.75) is 65.0 Å². The van der Waals surface area contributed by atoms with Gasteiger partial charge in [-0.05, 0) is 52.2 Å². The minimum Gasteiger partial charge on any atom is -0.465 e. The molecule has 1 amide bonds. The number of nitrogens with zero attached hydrogens (tertiary/aromatic N) is 2. The average molecular weight is 531 g/mol. The second kappa shape index (κ2) is 15.7. The molecule has 4 unspecified atom stereocenters. The van der Waals surface area contributed by atoms with Crippen LogP contribution in [0, 0.1) is 11.8 Å². The SMILES string of the molecule is C/C1=C\CNC(C)C(NC(=O)O)C(CCCCN(N)/C=C(\N)c2ccccn2)COC(=O)C(C)C(=O)CC1. The van der Waals surface area contributed by atoms with Gasteiger partial charge >= 0.3 is 12.1 Å². The number of pyridine rings is 1. The lowest BCUT2D eigenvalue weighted by molar-refractivity contribution is -0.152. The highest BCUT2D eigenvalue weighted by Crippen LogP contribution is 2.20. The Morgan fingerprint density at radius 2 is 2.05 bits per heavy atom. The number of carboxylic acid groups (broad SMARTS) is 1. The molecule has 0 saturated carbocycles. The van der Waals surface area contributed by atoms with Gasteiger partial charge in [-0.1, -0.05) is 24.1 Å². The van der Waals surface area contributed by atoms with E-state index in [-0.39, 0.29) is 30.8 Å². The molecule has 210 valence electrons. The van der Waals surface area contributed by atoms with Crippen LogP contribution in [0.25, 0.3) is 5.70 Å². The Morgan fingerprint density at radius 1 is 1.29 bits per heavy atom. The van der Waals surface area contributed by atoms with E-state index in [0.717, 1.165) is 5.57 Å². The lowest BCUT2D eigenvalue weighted by Gasteiger charge is -2.32. The van der Waals surface area contributed by atoms with E-state index >= 15 is 0 Å². The summed E-state index contributed by atoms with van der Waals surface area (Å²) >= 11 is 0. The van der Waals surface area contributed by atoms with Crippen LogP contribution < -0.4 is 22.2 Å². The van der Waals surface area contributed by atoms with Gasteiger partial charge in [0.05, 0.1) is 24.0 Å². The molecule has 2 heterocycles. The predicted molar refractivity (Wildman–Crippen MR) is 145 cm³/mol. The number of hydrogen-bond donors (Lipinski definition) is 5. The molecule has 1 aromatic heterocycles. The summed E-state index contributed by atoms with van der Waals surface area (Å²) in [6.45, 7) is 6.45. The van der Waals surface area contributed by atoms with Crippen LogP contribution in [0.15, 0.2) is 42.2 Å². The normalized spacial score (nSPS) is 25.5. The number of nitrogens with one attached hydrogen (secondary N) is 2. The van der Waals surface area contributed by atoms with Crippen LogP contribution in [0.2, 0.25) is 0 Å². The van der Waals surface area contributed by atoms with E-state index < -0.39 is 24.0 Å². The summed E-state index contributed by atoms with van der Waals surface area (Å²) in [4.78, 5) is 40.9. The molecule has 1 aliphatic heterocycles. The molecule has 0 saturated heterocycles. The van der Waals surface area contributed by atoms with Crippen LogP contribution in [-0.4, -0.2) is 64.7 Å². The van der Waals surface area contributed by atoms with Crippen LogP contribution in [0.3, 0.4) is 0 Å². The van der Waals surface area contributed by atoms with Crippen LogP contribution in [0.4, 0.5) is 4.79 Å². The predicted octanol–water partition coefficient (Wildman–Crippen LogP) is 2.40. The van der Waals surface area contributed by atoms with Gasteiger partial charge in [0.2, 0.25) is 0 Å². The van der Waals surface area contributed by atoms with Crippen LogP contribution >= 0.6 is 0 Å². The average Bonchev–Trinajstić information content (AvgIpc) is 2.89. The number of ketones is 1. The molecule has 1 aromatic rings. The van der Waals surface area contributed by atoms with Gasteiger partial charge in [0.1, 0.15) is 11.7 Å². The zero-order valence-electron chi connectivity index (χ0n) is 22.6. The number of allylic oxidation sites excluding steroid dienone is 1. The number of hydrazine groups is 1. The largest absolute Gasteiger partial charge is 0.465 e. The summed E-state index contributed by atoms with van der Waals surface area (Å²) < 4.78 is 5.55. The quantitative estimate of drug-likeness (QED) is 0.0838. The van der Waals surface area contributed by atoms with Gasteiger partial charge in [0.15, 0.2) is 0 Å². The minimum atomic E-state index is -1.15. The Bertz CT molecular complexity index is 983. The van der Waals surface area contributed by atoms with E-state index in [4.69, 9.17) is 16.3 Å². The van der Waals surface area contributed by atoms with Crippen molar-refractivity contribution >= 4 is 23.5 Å². The van der Waals surface area contributed by atoms with E-state index in [9.17, 15) is 19.5 Å². The van der Waals surface area contributed by atoms with Gasteiger partial charge in [0.25, 0.3) is 0 Å². The smallest absolute Gasteiger partial charge is 0.404 e. The zero-order chi connectivity index (χ0) is 28.1. The van der Waals surface area contributed by atoms with Crippen molar-refractivity contribution in [2.75, 3.05) is 19.7 Å². The Hall–Kier alpha value is -3.44. The van der Waals surface area contributed by atoms with Crippen LogP contribution in [0.5, 0.6) is 0 Å². The lowest BCUT2D eigenvalue weighted by Crippen LogP contribution is -2.53. The maximum atomic E-state index is 12.6. The number of esters is 1. The minimum absolute atomic E-state index is 0.00114. The molecular weight excluding hydrogens is 488 g/mol. The van der Waals surface area contributed by atoms with Gasteiger partial charge in [-0.3, -0.25) is 14.6 Å². The highest BCUT2D eigenvalue weighted by atomic mass is 16.5. The maximum absolute atomic E-state index is 12.6. The Morgan fingerprint density at radius 3 is 2.74 bits per heavy atom. The molecule has 1 aliphatic rings. The number of unbranched alkanes of at least 4 members (excludes halogenated alkanes) is 1. The van der Waals surface area contributed by atoms with Crippen molar-refractivity contribution in [3.8, 4) is 0 Å². The first-order chi connectivity index (χ1) is 18.1. The van der Waals surface area contributed by atoms with Crippen molar-refractivity contribution in [1.82, 2.24) is 20.6 Å². The summed E-state index contributed by atoms with van der Waals surface area (Å²) in [5, 5.41) is 17.0. The van der Waals surface area contributed by atoms with Gasteiger partial charge < -0.3 is 31.2 Å². The second-order valence-electron chi connectivity index (χ2n) is 9.83. The fourth-order valence-corrected chi connectivity index (χ4v) is 4.33. The summed E-state index contributed by atoms with van der Waals surface area (Å²) in [5.41, 5.74) is 8.18. The highest BCUT2D eigenvalue weighted by molar-refractivity contribution is 5.98. The highest BCUT2D eigenvalue weighted by Gasteiger charge is 2.31. The molecule has 11 heteroatoms. The van der Waals surface area contributed by atoms with E-state index in [1.165, 1.54) is 5.01 Å². The van der Waals surface area contributed by atoms with E-state index in [0.29, 0.717) is 50.2 Å². The number of amides is 1. The summed E-state index contributed by atoms with van der Waals surface area (Å²) in [5.74, 6) is 4.16. The second-order valence-corrected chi connectivity index (χ2v) is 9.83. The van der Waals surface area contributed by atoms with Crippen molar-refractivity contribution in [2.24, 2.45) is 23.4 Å². The molecule has 0 spiro atoms. The Balaban J connectivity index is 2.08. The molecule has 0 aliphatic carbocycles. The Labute approximate surface area is 224 Å². The van der Waals surface area contributed by atoms with Crippen LogP contribution in [0.1, 0.15) is 58.6 Å². The monoisotopic (exact) mass is 530 g/mol. The molecule has 38 heavy (non-hydrogen) atoms. The number of ether oxygens (including phenoxy) is 1. The molecule has 2 rings (SSSR count). The van der Waals surface area contributed by atoms with E-state index in [2.05, 4.69) is 15.6 Å². The topological polar surface area (TPSA) is 173 Å². The molecule has 4 atom stereocenters. The molecule has 0 radical (unpaired) electrons. The summed E-state index contributed by atoms with van der Waals surface area (Å²) in [6.07, 6.45) is 6.93. The molecule has 11 nitrogen and oxygen atoms in total. The molecule has 7 N–H and O–H groups in total. The summed E-state index contributed by atoms with van der Waals surface area (Å²) in [6, 6.07) is 4.70. The molecule has 0 bridgehead atoms. The molecular formula is C27H42N6O5. The number of rotatable bonds is 8. The third kappa shape index (κ3) is 10.5. The number of carbonyl (C=O) groups excluding carboxylic acids is 2. The first-order valence-corrected chi connectivity index (χ1v) is 13.1. The number of nitrogens with two attached hydrogens (primary N) is 2. The zero-order valence-corrected chi connectivity index (χ0v) is 22.6. The van der Waals surface area contributed by atoms with Gasteiger partial charge in [0, 0.05) is 43.9 Å². The number of carbonyl (C=O) groups is 3. The number of cyclic esters (lactones) is 1. The first kappa shape index (κ1) is 30.8. The third-order valence-corrected chi connectivity index (χ3v) is 6.78. The van der Waals surface area contributed by atoms with Crippen LogP contribution in [-0.2, 0) is 14.3 Å². The van der Waals surface area contributed by atoms with Crippen molar-refractivity contribution in [3.05, 3.63) is 47.9 Å². The number of hydrogen-bond acceptors (Lipinski definition) is 9. The maximum Gasteiger partial charge on any atom is 0.404 e. The van der Waals surface area contributed by atoms with Crippen molar-refractivity contribution in [3.63, 3.8) is 0 Å². The van der Waals surface area contributed by atoms with Gasteiger partial charge in [-0.2, -0.15) is 0 Å². The number of aromatic nitrogens is 1. The van der Waals surface area contributed by atoms with Gasteiger partial charge in [-0.15, -0.1) is 0 Å². The fourth-order valence-electron chi connectivity index (χ4n) is 4.33. The fraction of sp³-hybridized carbons (Fsp3) is 0.556. The van der Waals surface area contributed by atoms with E-state index in [1.807, 2.05) is 26.0 Å².